The Bertz CT molecular complexity index is 440. The summed E-state index contributed by atoms with van der Waals surface area (Å²) in [4.78, 5) is 18.2. The first-order valence-electron chi connectivity index (χ1n) is 6.26. The van der Waals surface area contributed by atoms with Gasteiger partial charge in [0.25, 0.3) is 12.0 Å². The van der Waals surface area contributed by atoms with E-state index in [-0.39, 0.29) is 18.6 Å². The normalized spacial score (nSPS) is 11.2. The van der Waals surface area contributed by atoms with Gasteiger partial charge in [0, 0.05) is 32.7 Å². The summed E-state index contributed by atoms with van der Waals surface area (Å²) in [5.74, 6) is 0.426. The van der Waals surface area contributed by atoms with Crippen molar-refractivity contribution in [1.82, 2.24) is 15.3 Å². The van der Waals surface area contributed by atoms with Gasteiger partial charge in [0.15, 0.2) is 0 Å². The van der Waals surface area contributed by atoms with Gasteiger partial charge in [-0.2, -0.15) is 0 Å². The van der Waals surface area contributed by atoms with Gasteiger partial charge in [-0.3, -0.25) is 4.79 Å². The lowest BCUT2D eigenvalue weighted by molar-refractivity contribution is 0.0182. The van der Waals surface area contributed by atoms with E-state index in [1.807, 2.05) is 0 Å². The Labute approximate surface area is 115 Å². The van der Waals surface area contributed by atoms with E-state index in [1.165, 1.54) is 6.07 Å². The minimum Gasteiger partial charge on any atom is -0.383 e. The zero-order valence-corrected chi connectivity index (χ0v) is 11.3. The van der Waals surface area contributed by atoms with Crippen molar-refractivity contribution in [3.05, 3.63) is 27.9 Å². The monoisotopic (exact) mass is 291 g/mol. The zero-order valence-electron chi connectivity index (χ0n) is 11.3. The second-order valence-electron chi connectivity index (χ2n) is 4.07. The first-order chi connectivity index (χ1) is 9.61. The fourth-order valence-corrected chi connectivity index (χ4v) is 1.50. The minimum atomic E-state index is -2.49. The third-order valence-corrected chi connectivity index (χ3v) is 2.36. The van der Waals surface area contributed by atoms with Gasteiger partial charge in [-0.1, -0.05) is 0 Å². The van der Waals surface area contributed by atoms with Crippen molar-refractivity contribution in [3.63, 3.8) is 0 Å². The van der Waals surface area contributed by atoms with Gasteiger partial charge < -0.3 is 19.8 Å². The SMILES string of the molecule is COCCNCc1cc(=O)[nH]c(CCOCC(F)F)n1. The van der Waals surface area contributed by atoms with Crippen molar-refractivity contribution < 1.29 is 18.3 Å². The molecule has 0 spiro atoms. The van der Waals surface area contributed by atoms with E-state index in [0.29, 0.717) is 31.2 Å². The maximum Gasteiger partial charge on any atom is 0.261 e. The molecule has 6 nitrogen and oxygen atoms in total. The van der Waals surface area contributed by atoms with Gasteiger partial charge >= 0.3 is 0 Å². The number of hydrogen-bond donors (Lipinski definition) is 2. The molecule has 0 aliphatic heterocycles. The molecule has 1 heterocycles. The Morgan fingerprint density at radius 2 is 2.25 bits per heavy atom. The van der Waals surface area contributed by atoms with Crippen LogP contribution in [0.2, 0.25) is 0 Å². The van der Waals surface area contributed by atoms with E-state index in [9.17, 15) is 13.6 Å². The summed E-state index contributed by atoms with van der Waals surface area (Å²) in [5.41, 5.74) is 0.320. The molecule has 0 saturated carbocycles. The average Bonchev–Trinajstić information content (AvgIpc) is 2.39. The van der Waals surface area contributed by atoms with Gasteiger partial charge in [0.1, 0.15) is 12.4 Å². The summed E-state index contributed by atoms with van der Waals surface area (Å²) in [7, 11) is 1.60. The van der Waals surface area contributed by atoms with Crippen molar-refractivity contribution in [2.75, 3.05) is 33.5 Å². The van der Waals surface area contributed by atoms with E-state index in [0.717, 1.165) is 0 Å². The highest BCUT2D eigenvalue weighted by Crippen LogP contribution is 1.96. The molecule has 20 heavy (non-hydrogen) atoms. The van der Waals surface area contributed by atoms with E-state index in [4.69, 9.17) is 9.47 Å². The number of hydrogen-bond acceptors (Lipinski definition) is 5. The molecule has 8 heteroatoms. The quantitative estimate of drug-likeness (QED) is 0.608. The number of nitrogens with zero attached hydrogens (tertiary/aromatic N) is 1. The summed E-state index contributed by atoms with van der Waals surface area (Å²) < 4.78 is 33.4. The van der Waals surface area contributed by atoms with Crippen molar-refractivity contribution in [1.29, 1.82) is 0 Å². The summed E-state index contributed by atoms with van der Waals surface area (Å²) >= 11 is 0. The van der Waals surface area contributed by atoms with E-state index in [1.54, 1.807) is 7.11 Å². The number of ether oxygens (including phenoxy) is 2. The average molecular weight is 291 g/mol. The van der Waals surface area contributed by atoms with Crippen molar-refractivity contribution in [3.8, 4) is 0 Å². The van der Waals surface area contributed by atoms with Gasteiger partial charge in [0.2, 0.25) is 0 Å². The van der Waals surface area contributed by atoms with Gasteiger partial charge in [-0.05, 0) is 0 Å². The van der Waals surface area contributed by atoms with Crippen molar-refractivity contribution >= 4 is 0 Å². The van der Waals surface area contributed by atoms with Crippen LogP contribution in [0.3, 0.4) is 0 Å². The summed E-state index contributed by atoms with van der Waals surface area (Å²) in [6, 6.07) is 1.39. The minimum absolute atomic E-state index is 0.0911. The molecule has 1 aromatic rings. The Kier molecular flexibility index (Phi) is 7.93. The highest BCUT2D eigenvalue weighted by atomic mass is 19.3. The van der Waals surface area contributed by atoms with Crippen molar-refractivity contribution in [2.45, 2.75) is 19.4 Å². The molecule has 2 N–H and O–H groups in total. The van der Waals surface area contributed by atoms with Crippen LogP contribution in [0, 0.1) is 0 Å². The predicted octanol–water partition coefficient (Wildman–Crippen LogP) is 0.330. The van der Waals surface area contributed by atoms with E-state index in [2.05, 4.69) is 15.3 Å². The predicted molar refractivity (Wildman–Crippen MR) is 69.0 cm³/mol. The lowest BCUT2D eigenvalue weighted by Gasteiger charge is -2.06. The van der Waals surface area contributed by atoms with E-state index >= 15 is 0 Å². The first kappa shape index (κ1) is 16.7. The largest absolute Gasteiger partial charge is 0.383 e. The van der Waals surface area contributed by atoms with Crippen LogP contribution in [-0.2, 0) is 22.4 Å². The molecular formula is C12H19F2N3O3. The van der Waals surface area contributed by atoms with Crippen molar-refractivity contribution in [2.24, 2.45) is 0 Å². The molecule has 0 saturated heterocycles. The van der Waals surface area contributed by atoms with Crippen LogP contribution in [-0.4, -0.2) is 49.9 Å². The second kappa shape index (κ2) is 9.51. The molecule has 0 radical (unpaired) electrons. The van der Waals surface area contributed by atoms with Crippen LogP contribution < -0.4 is 10.9 Å². The summed E-state index contributed by atoms with van der Waals surface area (Å²) in [6.45, 7) is 1.14. The van der Waals surface area contributed by atoms with Crippen LogP contribution in [0.25, 0.3) is 0 Å². The third kappa shape index (κ3) is 7.27. The van der Waals surface area contributed by atoms with Crippen LogP contribution in [0.15, 0.2) is 10.9 Å². The molecule has 114 valence electrons. The van der Waals surface area contributed by atoms with Gasteiger partial charge in [0.05, 0.1) is 18.9 Å². The Morgan fingerprint density at radius 1 is 1.45 bits per heavy atom. The Balaban J connectivity index is 2.42. The van der Waals surface area contributed by atoms with E-state index < -0.39 is 13.0 Å². The Morgan fingerprint density at radius 3 is 2.95 bits per heavy atom. The number of methoxy groups -OCH3 is 1. The molecule has 1 aromatic heterocycles. The van der Waals surface area contributed by atoms with Crippen LogP contribution >= 0.6 is 0 Å². The lowest BCUT2D eigenvalue weighted by Crippen LogP contribution is -2.22. The van der Waals surface area contributed by atoms with Crippen LogP contribution in [0.5, 0.6) is 0 Å². The number of alkyl halides is 2. The molecule has 1 rings (SSSR count). The molecule has 0 bridgehead atoms. The molecule has 0 unspecified atom stereocenters. The maximum absolute atomic E-state index is 11.9. The zero-order chi connectivity index (χ0) is 14.8. The third-order valence-electron chi connectivity index (χ3n) is 2.36. The standard InChI is InChI=1S/C12H19F2N3O3/c1-19-5-3-15-7-9-6-12(18)17-11(16-9)2-4-20-8-10(13)14/h6,10,15H,2-5,7-8H2,1H3,(H,16,17,18). The molecule has 0 aromatic carbocycles. The molecule has 0 atom stereocenters. The number of halogens is 2. The molecule has 0 amide bonds. The maximum atomic E-state index is 11.9. The number of nitrogens with one attached hydrogen (secondary N) is 2. The summed E-state index contributed by atoms with van der Waals surface area (Å²) in [5, 5.41) is 3.07. The molecule has 0 aliphatic rings. The first-order valence-corrected chi connectivity index (χ1v) is 6.26. The Hall–Kier alpha value is -1.38. The lowest BCUT2D eigenvalue weighted by atomic mass is 10.3. The second-order valence-corrected chi connectivity index (χ2v) is 4.07. The number of aromatic nitrogens is 2. The highest BCUT2D eigenvalue weighted by Gasteiger charge is 2.04. The number of H-pyrrole nitrogens is 1. The molecular weight excluding hydrogens is 272 g/mol. The van der Waals surface area contributed by atoms with Crippen LogP contribution in [0.1, 0.15) is 11.5 Å². The fraction of sp³-hybridized carbons (Fsp3) is 0.667. The summed E-state index contributed by atoms with van der Waals surface area (Å²) in [6.07, 6.45) is -2.20. The highest BCUT2D eigenvalue weighted by molar-refractivity contribution is 5.02. The molecule has 0 aliphatic carbocycles. The number of rotatable bonds is 10. The number of aromatic amines is 1. The van der Waals surface area contributed by atoms with Crippen LogP contribution in [0.4, 0.5) is 8.78 Å². The van der Waals surface area contributed by atoms with Gasteiger partial charge in [-0.25, -0.2) is 13.8 Å². The van der Waals surface area contributed by atoms with Gasteiger partial charge in [-0.15, -0.1) is 0 Å². The smallest absolute Gasteiger partial charge is 0.261 e. The topological polar surface area (TPSA) is 76.2 Å². The molecule has 0 fully saturated rings. The fourth-order valence-electron chi connectivity index (χ4n) is 1.50.